The van der Waals surface area contributed by atoms with Crippen LogP contribution in [0.25, 0.3) is 0 Å². The molecule has 0 saturated heterocycles. The van der Waals surface area contributed by atoms with E-state index in [0.29, 0.717) is 6.42 Å². The van der Waals surface area contributed by atoms with E-state index in [0.717, 1.165) is 0 Å². The molecule has 0 radical (unpaired) electrons. The second-order valence-corrected chi connectivity index (χ2v) is 3.34. The van der Waals surface area contributed by atoms with Crippen LogP contribution in [0, 0.1) is 11.8 Å². The van der Waals surface area contributed by atoms with Gasteiger partial charge in [0.2, 0.25) is 5.91 Å². The fourth-order valence-corrected chi connectivity index (χ4v) is 1.08. The molecule has 4 nitrogen and oxygen atoms in total. The molecule has 0 aliphatic rings. The van der Waals surface area contributed by atoms with Gasteiger partial charge in [0.1, 0.15) is 0 Å². The molecule has 4 heteroatoms. The normalized spacial score (nSPS) is 12.9. The molecule has 12 heavy (non-hydrogen) atoms. The lowest BCUT2D eigenvalue weighted by Gasteiger charge is -2.11. The van der Waals surface area contributed by atoms with Crippen LogP contribution in [0.4, 0.5) is 0 Å². The summed E-state index contributed by atoms with van der Waals surface area (Å²) in [6, 6.07) is 0. The van der Waals surface area contributed by atoms with Gasteiger partial charge in [-0.05, 0) is 12.3 Å². The average molecular weight is 173 g/mol. The lowest BCUT2D eigenvalue weighted by atomic mass is 9.94. The lowest BCUT2D eigenvalue weighted by Crippen LogP contribution is -2.23. The van der Waals surface area contributed by atoms with E-state index in [1.54, 1.807) is 0 Å². The minimum Gasteiger partial charge on any atom is -0.481 e. The molecule has 0 aromatic heterocycles. The summed E-state index contributed by atoms with van der Waals surface area (Å²) >= 11 is 0. The van der Waals surface area contributed by atoms with Gasteiger partial charge < -0.3 is 10.8 Å². The van der Waals surface area contributed by atoms with Gasteiger partial charge in [0.25, 0.3) is 0 Å². The van der Waals surface area contributed by atoms with Crippen molar-refractivity contribution in [3.05, 3.63) is 0 Å². The number of rotatable bonds is 5. The van der Waals surface area contributed by atoms with Crippen LogP contribution in [0.5, 0.6) is 0 Å². The predicted molar refractivity (Wildman–Crippen MR) is 44.4 cm³/mol. The second-order valence-electron chi connectivity index (χ2n) is 3.34. The van der Waals surface area contributed by atoms with Crippen LogP contribution in [-0.4, -0.2) is 17.0 Å². The Morgan fingerprint density at radius 3 is 2.17 bits per heavy atom. The van der Waals surface area contributed by atoms with Gasteiger partial charge in [-0.3, -0.25) is 9.59 Å². The Morgan fingerprint density at radius 2 is 1.92 bits per heavy atom. The Kier molecular flexibility index (Phi) is 4.33. The summed E-state index contributed by atoms with van der Waals surface area (Å²) in [7, 11) is 0. The Morgan fingerprint density at radius 1 is 1.42 bits per heavy atom. The summed E-state index contributed by atoms with van der Waals surface area (Å²) in [4.78, 5) is 21.0. The lowest BCUT2D eigenvalue weighted by molar-refractivity contribution is -0.144. The van der Waals surface area contributed by atoms with Crippen LogP contribution in [0.15, 0.2) is 0 Å². The van der Waals surface area contributed by atoms with Gasteiger partial charge in [-0.1, -0.05) is 13.8 Å². The summed E-state index contributed by atoms with van der Waals surface area (Å²) in [6.45, 7) is 3.83. The highest BCUT2D eigenvalue weighted by molar-refractivity contribution is 5.80. The van der Waals surface area contributed by atoms with Crippen molar-refractivity contribution in [3.63, 3.8) is 0 Å². The summed E-state index contributed by atoms with van der Waals surface area (Å²) in [5.41, 5.74) is 4.90. The molecule has 0 spiro atoms. The highest BCUT2D eigenvalue weighted by Crippen LogP contribution is 2.14. The van der Waals surface area contributed by atoms with Crippen LogP contribution in [0.2, 0.25) is 0 Å². The SMILES string of the molecule is CC(C)C[C@@H](CC(N)=O)C(=O)O. The van der Waals surface area contributed by atoms with Crippen LogP contribution < -0.4 is 5.73 Å². The zero-order chi connectivity index (χ0) is 9.72. The molecule has 3 N–H and O–H groups in total. The Balaban J connectivity index is 4.04. The summed E-state index contributed by atoms with van der Waals surface area (Å²) in [5, 5.41) is 8.66. The number of primary amides is 1. The number of carbonyl (C=O) groups is 2. The van der Waals surface area contributed by atoms with Gasteiger partial charge in [-0.25, -0.2) is 0 Å². The monoisotopic (exact) mass is 173 g/mol. The van der Waals surface area contributed by atoms with Gasteiger partial charge in [0.15, 0.2) is 0 Å². The van der Waals surface area contributed by atoms with Gasteiger partial charge in [-0.15, -0.1) is 0 Å². The van der Waals surface area contributed by atoms with Crippen molar-refractivity contribution in [2.24, 2.45) is 17.6 Å². The number of amides is 1. The molecule has 70 valence electrons. The van der Waals surface area contributed by atoms with Crippen molar-refractivity contribution in [2.45, 2.75) is 26.7 Å². The van der Waals surface area contributed by atoms with Gasteiger partial charge in [-0.2, -0.15) is 0 Å². The molecule has 1 atom stereocenters. The quantitative estimate of drug-likeness (QED) is 0.639. The van der Waals surface area contributed by atoms with E-state index in [2.05, 4.69) is 0 Å². The Bertz CT molecular complexity index is 177. The topological polar surface area (TPSA) is 80.4 Å². The van der Waals surface area contributed by atoms with Crippen molar-refractivity contribution in [1.29, 1.82) is 0 Å². The second kappa shape index (κ2) is 4.74. The van der Waals surface area contributed by atoms with Crippen LogP contribution in [0.1, 0.15) is 26.7 Å². The molecule has 0 aliphatic heterocycles. The van der Waals surface area contributed by atoms with Crippen molar-refractivity contribution in [3.8, 4) is 0 Å². The molecule has 0 bridgehead atoms. The zero-order valence-electron chi connectivity index (χ0n) is 7.41. The average Bonchev–Trinajstić information content (AvgIpc) is 1.83. The molecular weight excluding hydrogens is 158 g/mol. The maximum atomic E-state index is 10.6. The van der Waals surface area contributed by atoms with Crippen molar-refractivity contribution in [1.82, 2.24) is 0 Å². The smallest absolute Gasteiger partial charge is 0.307 e. The molecule has 0 aliphatic carbocycles. The molecule has 0 aromatic carbocycles. The number of carbonyl (C=O) groups excluding carboxylic acids is 1. The summed E-state index contributed by atoms with van der Waals surface area (Å²) < 4.78 is 0. The third kappa shape index (κ3) is 4.71. The molecule has 0 rings (SSSR count). The van der Waals surface area contributed by atoms with E-state index in [1.807, 2.05) is 13.8 Å². The van der Waals surface area contributed by atoms with Crippen molar-refractivity contribution in [2.75, 3.05) is 0 Å². The van der Waals surface area contributed by atoms with E-state index in [9.17, 15) is 9.59 Å². The van der Waals surface area contributed by atoms with E-state index >= 15 is 0 Å². The summed E-state index contributed by atoms with van der Waals surface area (Å²) in [6.07, 6.45) is 0.436. The van der Waals surface area contributed by atoms with E-state index in [4.69, 9.17) is 10.8 Å². The molecular formula is C8H15NO3. The van der Waals surface area contributed by atoms with Gasteiger partial charge in [0, 0.05) is 6.42 Å². The molecule has 0 fully saturated rings. The fraction of sp³-hybridized carbons (Fsp3) is 0.750. The number of hydrogen-bond acceptors (Lipinski definition) is 2. The van der Waals surface area contributed by atoms with Crippen LogP contribution >= 0.6 is 0 Å². The Labute approximate surface area is 71.8 Å². The molecule has 0 aromatic rings. The molecule has 0 saturated carbocycles. The number of carboxylic acids is 1. The van der Waals surface area contributed by atoms with Crippen LogP contribution in [0.3, 0.4) is 0 Å². The number of nitrogens with two attached hydrogens (primary N) is 1. The predicted octanol–water partition coefficient (Wildman–Crippen LogP) is 0.609. The maximum Gasteiger partial charge on any atom is 0.307 e. The van der Waals surface area contributed by atoms with E-state index < -0.39 is 17.8 Å². The third-order valence-electron chi connectivity index (χ3n) is 1.55. The van der Waals surface area contributed by atoms with E-state index in [-0.39, 0.29) is 12.3 Å². The first-order valence-electron chi connectivity index (χ1n) is 3.94. The molecule has 0 heterocycles. The van der Waals surface area contributed by atoms with Crippen molar-refractivity contribution < 1.29 is 14.7 Å². The third-order valence-corrected chi connectivity index (χ3v) is 1.55. The van der Waals surface area contributed by atoms with Crippen LogP contribution in [-0.2, 0) is 9.59 Å². The number of carboxylic acid groups (broad SMARTS) is 1. The minimum absolute atomic E-state index is 0.0620. The highest BCUT2D eigenvalue weighted by atomic mass is 16.4. The Hall–Kier alpha value is -1.06. The van der Waals surface area contributed by atoms with Gasteiger partial charge in [0.05, 0.1) is 5.92 Å². The minimum atomic E-state index is -0.942. The number of aliphatic carboxylic acids is 1. The van der Waals surface area contributed by atoms with E-state index in [1.165, 1.54) is 0 Å². The largest absolute Gasteiger partial charge is 0.481 e. The first-order chi connectivity index (χ1) is 5.43. The molecule has 1 amide bonds. The standard InChI is InChI=1S/C8H15NO3/c1-5(2)3-6(8(11)12)4-7(9)10/h5-6H,3-4H2,1-2H3,(H2,9,10)(H,11,12)/t6-/m0/s1. The van der Waals surface area contributed by atoms with Crippen molar-refractivity contribution >= 4 is 11.9 Å². The van der Waals surface area contributed by atoms with Gasteiger partial charge >= 0.3 is 5.97 Å². The fourth-order valence-electron chi connectivity index (χ4n) is 1.08. The maximum absolute atomic E-state index is 10.6. The summed E-state index contributed by atoms with van der Waals surface area (Å²) in [5.74, 6) is -1.85. The first-order valence-corrected chi connectivity index (χ1v) is 3.94. The zero-order valence-corrected chi connectivity index (χ0v) is 7.41. The highest BCUT2D eigenvalue weighted by Gasteiger charge is 2.20. The number of hydrogen-bond donors (Lipinski definition) is 2. The first kappa shape index (κ1) is 10.9. The molecule has 0 unspecified atom stereocenters.